The molecule has 2 rings (SSSR count). The second-order valence-corrected chi connectivity index (χ2v) is 3.39. The van der Waals surface area contributed by atoms with E-state index in [0.717, 1.165) is 5.52 Å². The van der Waals surface area contributed by atoms with Crippen LogP contribution in [0.25, 0.3) is 10.9 Å². The van der Waals surface area contributed by atoms with Gasteiger partial charge in [-0.2, -0.15) is 4.37 Å². The Labute approximate surface area is 69.8 Å². The van der Waals surface area contributed by atoms with E-state index < -0.39 is 0 Å². The van der Waals surface area contributed by atoms with Crippen LogP contribution in [-0.4, -0.2) is 4.37 Å². The van der Waals surface area contributed by atoms with Crippen LogP contribution < -0.4 is 0 Å². The maximum Gasteiger partial charge on any atom is 0.0872 e. The number of rotatable bonds is 0. The third-order valence-electron chi connectivity index (χ3n) is 2.06. The van der Waals surface area contributed by atoms with Crippen molar-refractivity contribution in [3.63, 3.8) is 0 Å². The Morgan fingerprint density at radius 1 is 1.27 bits per heavy atom. The van der Waals surface area contributed by atoms with Crippen LogP contribution in [0.4, 0.5) is 0 Å². The highest BCUT2D eigenvalue weighted by Crippen LogP contribution is 2.21. The summed E-state index contributed by atoms with van der Waals surface area (Å²) in [6.07, 6.45) is 0. The minimum atomic E-state index is 1.16. The number of fused-ring (bicyclic) bond motifs is 1. The predicted molar refractivity (Wildman–Crippen MR) is 49.1 cm³/mol. The number of nitrogens with zero attached hydrogens (tertiary/aromatic N) is 1. The van der Waals surface area contributed by atoms with E-state index in [1.54, 1.807) is 0 Å². The van der Waals surface area contributed by atoms with Crippen LogP contribution >= 0.6 is 11.5 Å². The molecule has 0 saturated carbocycles. The molecule has 0 radical (unpaired) electrons. The monoisotopic (exact) mass is 163 g/mol. The van der Waals surface area contributed by atoms with E-state index in [1.807, 2.05) is 0 Å². The predicted octanol–water partition coefficient (Wildman–Crippen LogP) is 2.91. The smallest absolute Gasteiger partial charge is 0.0872 e. The molecular formula is C9H9NS. The lowest BCUT2D eigenvalue weighted by Gasteiger charge is -1.97. The summed E-state index contributed by atoms with van der Waals surface area (Å²) in [5, 5.41) is 3.35. The first kappa shape index (κ1) is 6.80. The lowest BCUT2D eigenvalue weighted by molar-refractivity contribution is 1.36. The van der Waals surface area contributed by atoms with Crippen LogP contribution in [0, 0.1) is 13.8 Å². The van der Waals surface area contributed by atoms with Gasteiger partial charge in [0, 0.05) is 10.8 Å². The van der Waals surface area contributed by atoms with E-state index in [1.165, 1.54) is 28.0 Å². The normalized spacial score (nSPS) is 10.7. The quantitative estimate of drug-likeness (QED) is 0.582. The number of hydrogen-bond donors (Lipinski definition) is 0. The fourth-order valence-corrected chi connectivity index (χ4v) is 1.88. The number of aromatic nitrogens is 1. The van der Waals surface area contributed by atoms with Gasteiger partial charge in [0.1, 0.15) is 0 Å². The SMILES string of the molecule is Cc1ccc2csnc2c1C. The molecule has 0 aliphatic rings. The summed E-state index contributed by atoms with van der Waals surface area (Å²) in [6.45, 7) is 4.24. The molecule has 0 amide bonds. The van der Waals surface area contributed by atoms with Crippen molar-refractivity contribution in [1.29, 1.82) is 0 Å². The summed E-state index contributed by atoms with van der Waals surface area (Å²) in [6, 6.07) is 4.27. The molecule has 0 aliphatic carbocycles. The molecule has 1 aromatic heterocycles. The topological polar surface area (TPSA) is 12.9 Å². The third kappa shape index (κ3) is 0.942. The van der Waals surface area contributed by atoms with Gasteiger partial charge in [-0.15, -0.1) is 0 Å². The number of hydrogen-bond acceptors (Lipinski definition) is 2. The molecule has 56 valence electrons. The maximum absolute atomic E-state index is 4.32. The van der Waals surface area contributed by atoms with Crippen molar-refractivity contribution in [3.8, 4) is 0 Å². The van der Waals surface area contributed by atoms with Gasteiger partial charge in [0.2, 0.25) is 0 Å². The summed E-state index contributed by atoms with van der Waals surface area (Å²) >= 11 is 1.53. The van der Waals surface area contributed by atoms with Crippen molar-refractivity contribution < 1.29 is 0 Å². The summed E-state index contributed by atoms with van der Waals surface area (Å²) in [5.74, 6) is 0. The average molecular weight is 163 g/mol. The summed E-state index contributed by atoms with van der Waals surface area (Å²) in [5.41, 5.74) is 3.79. The molecule has 0 atom stereocenters. The van der Waals surface area contributed by atoms with Gasteiger partial charge in [-0.05, 0) is 36.5 Å². The summed E-state index contributed by atoms with van der Waals surface area (Å²) < 4.78 is 4.32. The van der Waals surface area contributed by atoms with Gasteiger partial charge in [0.05, 0.1) is 5.52 Å². The summed E-state index contributed by atoms with van der Waals surface area (Å²) in [4.78, 5) is 0. The Morgan fingerprint density at radius 2 is 2.09 bits per heavy atom. The Hall–Kier alpha value is -0.890. The Kier molecular flexibility index (Phi) is 1.43. The molecule has 1 nitrogen and oxygen atoms in total. The van der Waals surface area contributed by atoms with Crippen LogP contribution in [0.5, 0.6) is 0 Å². The molecule has 1 heterocycles. The van der Waals surface area contributed by atoms with Gasteiger partial charge in [0.25, 0.3) is 0 Å². The van der Waals surface area contributed by atoms with Crippen molar-refractivity contribution in [2.45, 2.75) is 13.8 Å². The molecule has 0 spiro atoms. The van der Waals surface area contributed by atoms with Crippen LogP contribution in [0.3, 0.4) is 0 Å². The standard InChI is InChI=1S/C9H9NS/c1-6-3-4-8-5-11-10-9(8)7(6)2/h3-5H,1-2H3. The molecule has 0 N–H and O–H groups in total. The second-order valence-electron chi connectivity index (χ2n) is 2.76. The highest BCUT2D eigenvalue weighted by Gasteiger charge is 2.00. The molecule has 0 saturated heterocycles. The van der Waals surface area contributed by atoms with E-state index in [2.05, 4.69) is 35.7 Å². The van der Waals surface area contributed by atoms with Gasteiger partial charge >= 0.3 is 0 Å². The number of aryl methyl sites for hydroxylation is 2. The molecule has 0 aliphatic heterocycles. The number of benzene rings is 1. The lowest BCUT2D eigenvalue weighted by Crippen LogP contribution is -1.80. The minimum Gasteiger partial charge on any atom is -0.192 e. The first-order valence-electron chi connectivity index (χ1n) is 3.59. The van der Waals surface area contributed by atoms with Crippen molar-refractivity contribution in [1.82, 2.24) is 4.37 Å². The molecule has 2 heteroatoms. The Bertz CT molecular complexity index is 389. The Balaban J connectivity index is 2.93. The fraction of sp³-hybridized carbons (Fsp3) is 0.222. The van der Waals surface area contributed by atoms with Crippen LogP contribution in [-0.2, 0) is 0 Å². The summed E-state index contributed by atoms with van der Waals surface area (Å²) in [7, 11) is 0. The highest BCUT2D eigenvalue weighted by atomic mass is 32.1. The van der Waals surface area contributed by atoms with Crippen molar-refractivity contribution in [3.05, 3.63) is 28.6 Å². The zero-order valence-corrected chi connectivity index (χ0v) is 7.40. The third-order valence-corrected chi connectivity index (χ3v) is 2.70. The molecule has 0 unspecified atom stereocenters. The zero-order chi connectivity index (χ0) is 7.84. The van der Waals surface area contributed by atoms with E-state index >= 15 is 0 Å². The lowest BCUT2D eigenvalue weighted by atomic mass is 10.1. The van der Waals surface area contributed by atoms with Gasteiger partial charge in [0.15, 0.2) is 0 Å². The molecule has 0 bridgehead atoms. The van der Waals surface area contributed by atoms with Gasteiger partial charge in [-0.3, -0.25) is 0 Å². The second kappa shape index (κ2) is 2.31. The fourth-order valence-electron chi connectivity index (χ4n) is 1.17. The first-order chi connectivity index (χ1) is 5.29. The maximum atomic E-state index is 4.32. The highest BCUT2D eigenvalue weighted by molar-refractivity contribution is 7.04. The van der Waals surface area contributed by atoms with Crippen LogP contribution in [0.15, 0.2) is 17.5 Å². The molecular weight excluding hydrogens is 154 g/mol. The minimum absolute atomic E-state index is 1.16. The average Bonchev–Trinajstić information content (AvgIpc) is 2.45. The molecule has 11 heavy (non-hydrogen) atoms. The largest absolute Gasteiger partial charge is 0.192 e. The molecule has 2 aromatic rings. The zero-order valence-electron chi connectivity index (χ0n) is 6.59. The van der Waals surface area contributed by atoms with Crippen LogP contribution in [0.1, 0.15) is 11.1 Å². The van der Waals surface area contributed by atoms with E-state index in [4.69, 9.17) is 0 Å². The molecule has 0 fully saturated rings. The van der Waals surface area contributed by atoms with Gasteiger partial charge in [-0.1, -0.05) is 12.1 Å². The van der Waals surface area contributed by atoms with Gasteiger partial charge < -0.3 is 0 Å². The van der Waals surface area contributed by atoms with Gasteiger partial charge in [-0.25, -0.2) is 0 Å². The van der Waals surface area contributed by atoms with E-state index in [-0.39, 0.29) is 0 Å². The van der Waals surface area contributed by atoms with Crippen LogP contribution in [0.2, 0.25) is 0 Å². The van der Waals surface area contributed by atoms with E-state index in [0.29, 0.717) is 0 Å². The Morgan fingerprint density at radius 3 is 2.91 bits per heavy atom. The van der Waals surface area contributed by atoms with Crippen molar-refractivity contribution in [2.24, 2.45) is 0 Å². The van der Waals surface area contributed by atoms with Crippen molar-refractivity contribution >= 4 is 22.4 Å². The van der Waals surface area contributed by atoms with Crippen molar-refractivity contribution in [2.75, 3.05) is 0 Å². The molecule has 1 aromatic carbocycles. The first-order valence-corrected chi connectivity index (χ1v) is 4.43. The van der Waals surface area contributed by atoms with E-state index in [9.17, 15) is 0 Å².